The van der Waals surface area contributed by atoms with Gasteiger partial charge in [0.15, 0.2) is 0 Å². The van der Waals surface area contributed by atoms with Gasteiger partial charge in [-0.25, -0.2) is 0 Å². The number of halogens is 1. The second-order valence-electron chi connectivity index (χ2n) is 5.20. The van der Waals surface area contributed by atoms with Gasteiger partial charge in [-0.05, 0) is 0 Å². The van der Waals surface area contributed by atoms with E-state index in [9.17, 15) is 15.0 Å². The molecular formula is C17H13ClN2O3Se. The van der Waals surface area contributed by atoms with E-state index in [0.29, 0.717) is 26.6 Å². The van der Waals surface area contributed by atoms with Gasteiger partial charge in [0.2, 0.25) is 0 Å². The Bertz CT molecular complexity index is 865. The summed E-state index contributed by atoms with van der Waals surface area (Å²) >= 11 is 8.78. The summed E-state index contributed by atoms with van der Waals surface area (Å²) in [5, 5.41) is 20.1. The average Bonchev–Trinajstić information content (AvgIpc) is 2.76. The van der Waals surface area contributed by atoms with Crippen LogP contribution in [0.1, 0.15) is 5.56 Å². The van der Waals surface area contributed by atoms with Gasteiger partial charge >= 0.3 is 152 Å². The molecule has 5 nitrogen and oxygen atoms in total. The quantitative estimate of drug-likeness (QED) is 0.456. The predicted octanol–water partition coefficient (Wildman–Crippen LogP) is 2.33. The van der Waals surface area contributed by atoms with Gasteiger partial charge in [0.25, 0.3) is 0 Å². The van der Waals surface area contributed by atoms with Crippen LogP contribution >= 0.6 is 11.6 Å². The molecule has 24 heavy (non-hydrogen) atoms. The van der Waals surface area contributed by atoms with Gasteiger partial charge < -0.3 is 0 Å². The molecule has 1 aliphatic rings. The van der Waals surface area contributed by atoms with Crippen LogP contribution in [0.3, 0.4) is 0 Å². The van der Waals surface area contributed by atoms with Crippen molar-refractivity contribution in [3.05, 3.63) is 58.7 Å². The second-order valence-corrected chi connectivity index (χ2v) is 6.41. The number of nitrogens with zero attached hydrogens (tertiary/aromatic N) is 2. The third-order valence-corrected chi connectivity index (χ3v) is 4.89. The summed E-state index contributed by atoms with van der Waals surface area (Å²) in [5.74, 6) is -0.756. The van der Waals surface area contributed by atoms with Gasteiger partial charge in [-0.2, -0.15) is 0 Å². The number of rotatable bonds is 2. The molecule has 2 N–H and O–H groups in total. The summed E-state index contributed by atoms with van der Waals surface area (Å²) in [4.78, 5) is 16.0. The van der Waals surface area contributed by atoms with Crippen molar-refractivity contribution in [2.45, 2.75) is 0 Å². The van der Waals surface area contributed by atoms with Crippen LogP contribution in [-0.2, 0) is 4.79 Å². The van der Waals surface area contributed by atoms with Gasteiger partial charge in [-0.3, -0.25) is 0 Å². The molecule has 3 rings (SSSR count). The van der Waals surface area contributed by atoms with Crippen LogP contribution in [0, 0.1) is 0 Å². The molecule has 2 aromatic carbocycles. The SMILES string of the molecule is CN1C(=[Se])N(c2ccc(Cl)cc2)C(=O)C1=Cc1cccc(O)c1O. The Labute approximate surface area is 151 Å². The molecular weight excluding hydrogens is 395 g/mol. The first kappa shape index (κ1) is 16.6. The third kappa shape index (κ3) is 2.80. The van der Waals surface area contributed by atoms with Crippen LogP contribution in [0.5, 0.6) is 11.5 Å². The van der Waals surface area contributed by atoms with E-state index >= 15 is 0 Å². The zero-order chi connectivity index (χ0) is 17.4. The monoisotopic (exact) mass is 408 g/mol. The summed E-state index contributed by atoms with van der Waals surface area (Å²) in [7, 11) is 1.74. The number of anilines is 1. The van der Waals surface area contributed by atoms with Crippen LogP contribution in [-0.4, -0.2) is 48.3 Å². The van der Waals surface area contributed by atoms with Crippen LogP contribution in [0.2, 0.25) is 5.02 Å². The van der Waals surface area contributed by atoms with Crippen molar-refractivity contribution in [2.75, 3.05) is 11.9 Å². The first-order valence-corrected chi connectivity index (χ1v) is 8.24. The van der Waals surface area contributed by atoms with Crippen molar-refractivity contribution in [1.29, 1.82) is 0 Å². The van der Waals surface area contributed by atoms with E-state index in [1.54, 1.807) is 48.3 Å². The Balaban J connectivity index is 2.03. The summed E-state index contributed by atoms with van der Waals surface area (Å²) in [6.07, 6.45) is 1.53. The maximum absolute atomic E-state index is 12.8. The molecule has 0 spiro atoms. The Morgan fingerprint density at radius 2 is 1.79 bits per heavy atom. The van der Waals surface area contributed by atoms with Crippen LogP contribution in [0.25, 0.3) is 6.08 Å². The molecule has 0 aromatic heterocycles. The Hall–Kier alpha value is -2.27. The van der Waals surface area contributed by atoms with Gasteiger partial charge in [-0.15, -0.1) is 0 Å². The van der Waals surface area contributed by atoms with E-state index in [1.165, 1.54) is 17.0 Å². The number of phenolic OH excluding ortho intramolecular Hbond substituents is 2. The van der Waals surface area contributed by atoms with Crippen molar-refractivity contribution < 1.29 is 15.0 Å². The van der Waals surface area contributed by atoms with Crippen molar-refractivity contribution in [3.8, 4) is 11.5 Å². The molecule has 0 bridgehead atoms. The Kier molecular flexibility index (Phi) is 4.37. The fourth-order valence-electron chi connectivity index (χ4n) is 2.39. The number of aromatic hydroxyl groups is 2. The summed E-state index contributed by atoms with van der Waals surface area (Å²) in [5.41, 5.74) is 1.39. The average molecular weight is 408 g/mol. The summed E-state index contributed by atoms with van der Waals surface area (Å²) in [6.45, 7) is 0. The third-order valence-electron chi connectivity index (χ3n) is 3.68. The van der Waals surface area contributed by atoms with Gasteiger partial charge in [0, 0.05) is 0 Å². The molecule has 1 aliphatic heterocycles. The first-order valence-electron chi connectivity index (χ1n) is 7.00. The number of carbonyl (C=O) groups excluding carboxylic acids is 1. The van der Waals surface area contributed by atoms with Crippen molar-refractivity contribution >= 4 is 49.5 Å². The Morgan fingerprint density at radius 3 is 2.46 bits per heavy atom. The number of hydrogen-bond donors (Lipinski definition) is 2. The zero-order valence-electron chi connectivity index (χ0n) is 12.6. The molecule has 0 saturated carbocycles. The molecule has 0 atom stereocenters. The van der Waals surface area contributed by atoms with Crippen molar-refractivity contribution in [2.24, 2.45) is 0 Å². The fraction of sp³-hybridized carbons (Fsp3) is 0.0588. The molecule has 1 amide bonds. The van der Waals surface area contributed by atoms with Crippen LogP contribution in [0.15, 0.2) is 48.2 Å². The summed E-state index contributed by atoms with van der Waals surface area (Å²) < 4.78 is 0.605. The number of hydrogen-bond acceptors (Lipinski definition) is 4. The van der Waals surface area contributed by atoms with Gasteiger partial charge in [0.1, 0.15) is 0 Å². The van der Waals surface area contributed by atoms with E-state index in [4.69, 9.17) is 11.6 Å². The van der Waals surface area contributed by atoms with E-state index in [-0.39, 0.29) is 17.4 Å². The van der Waals surface area contributed by atoms with Crippen molar-refractivity contribution in [1.82, 2.24) is 4.90 Å². The number of carbonyl (C=O) groups is 1. The maximum atomic E-state index is 12.8. The predicted molar refractivity (Wildman–Crippen MR) is 95.2 cm³/mol. The minimum atomic E-state index is -0.266. The topological polar surface area (TPSA) is 64.0 Å². The number of phenols is 2. The van der Waals surface area contributed by atoms with Crippen LogP contribution < -0.4 is 4.90 Å². The second kappa shape index (κ2) is 6.32. The molecule has 122 valence electrons. The zero-order valence-corrected chi connectivity index (χ0v) is 15.1. The normalized spacial score (nSPS) is 16.3. The number of likely N-dealkylation sites (N-methyl/N-ethyl adjacent to an activating group) is 1. The number of para-hydroxylation sites is 1. The molecule has 2 aromatic rings. The van der Waals surface area contributed by atoms with E-state index in [0.717, 1.165) is 0 Å². The Morgan fingerprint density at radius 1 is 1.12 bits per heavy atom. The first-order chi connectivity index (χ1) is 11.4. The molecule has 1 fully saturated rings. The summed E-state index contributed by atoms with van der Waals surface area (Å²) in [6, 6.07) is 11.5. The minimum absolute atomic E-state index is 0.237. The van der Waals surface area contributed by atoms with E-state index < -0.39 is 0 Å². The van der Waals surface area contributed by atoms with E-state index in [2.05, 4.69) is 15.6 Å². The van der Waals surface area contributed by atoms with E-state index in [1.807, 2.05) is 0 Å². The van der Waals surface area contributed by atoms with Crippen molar-refractivity contribution in [3.63, 3.8) is 0 Å². The number of amides is 1. The molecule has 0 aliphatic carbocycles. The fourth-order valence-corrected chi connectivity index (χ4v) is 3.11. The molecule has 0 radical (unpaired) electrons. The molecule has 1 heterocycles. The molecule has 1 saturated heterocycles. The standard InChI is InChI=1S/C17H13ClN2O3Se/c1-19-13(9-10-3-2-4-14(21)15(10)22)16(23)20(17(19)24)12-7-5-11(18)6-8-12/h2-9,21-22H,1H3. The number of benzene rings is 2. The molecule has 0 unspecified atom stereocenters. The molecule has 7 heteroatoms. The van der Waals surface area contributed by atoms with Gasteiger partial charge in [-0.1, -0.05) is 0 Å². The van der Waals surface area contributed by atoms with Crippen LogP contribution in [0.4, 0.5) is 5.69 Å². The van der Waals surface area contributed by atoms with Gasteiger partial charge in [0.05, 0.1) is 0 Å².